The van der Waals surface area contributed by atoms with Gasteiger partial charge in [0.25, 0.3) is 33.7 Å². The minimum Gasteiger partial charge on any atom is -0.325 e. The fourth-order valence-electron chi connectivity index (χ4n) is 2.57. The number of carbonyl (C=O) groups excluding carboxylic acids is 6. The first-order valence-corrected chi connectivity index (χ1v) is 9.70. The monoisotopic (exact) mass is 463 g/mol. The molecule has 15 heteroatoms. The van der Waals surface area contributed by atoms with Gasteiger partial charge in [0.05, 0.1) is 16.0 Å². The number of hydrogen-bond donors (Lipinski definition) is 1. The minimum atomic E-state index is -4.92. The Balaban J connectivity index is 0.00000341. The molecule has 0 atom stereocenters. The number of benzene rings is 1. The Labute approximate surface area is 196 Å². The predicted molar refractivity (Wildman–Crippen MR) is 95.0 cm³/mol. The van der Waals surface area contributed by atoms with Crippen molar-refractivity contribution in [2.24, 2.45) is 0 Å². The Kier molecular flexibility index (Phi) is 7.33. The van der Waals surface area contributed by atoms with Gasteiger partial charge < -0.3 is 9.68 Å². The molecule has 0 aromatic heterocycles. The largest absolute Gasteiger partial charge is 0.363 e. The van der Waals surface area contributed by atoms with Gasteiger partial charge in [-0.1, -0.05) is 0 Å². The second kappa shape index (κ2) is 9.23. The molecule has 13 nitrogen and oxygen atoms in total. The molecule has 2 aliphatic rings. The van der Waals surface area contributed by atoms with Gasteiger partial charge in [-0.3, -0.25) is 23.7 Å². The molecule has 0 unspecified atom stereocenters. The van der Waals surface area contributed by atoms with Crippen LogP contribution in [0.25, 0.3) is 0 Å². The second-order valence-electron chi connectivity index (χ2n) is 6.14. The van der Waals surface area contributed by atoms with Crippen LogP contribution in [0.3, 0.4) is 0 Å². The minimum absolute atomic E-state index is 0. The molecule has 159 valence electrons. The molecule has 0 bridgehead atoms. The number of hydroxylamine groups is 4. The summed E-state index contributed by atoms with van der Waals surface area (Å²) in [6.45, 7) is 0. The zero-order valence-electron chi connectivity index (χ0n) is 15.9. The molecule has 2 fully saturated rings. The number of hydrogen-bond acceptors (Lipinski definition) is 10. The Morgan fingerprint density at radius 3 is 1.35 bits per heavy atom. The van der Waals surface area contributed by atoms with Crippen LogP contribution in [0.5, 0.6) is 0 Å². The average Bonchev–Trinajstić information content (AvgIpc) is 3.17. The normalized spacial score (nSPS) is 16.4. The Hall–Kier alpha value is -2.65. The van der Waals surface area contributed by atoms with Gasteiger partial charge >= 0.3 is 11.9 Å². The molecule has 31 heavy (non-hydrogen) atoms. The Bertz CT molecular complexity index is 1010. The van der Waals surface area contributed by atoms with E-state index in [9.17, 15) is 41.7 Å². The van der Waals surface area contributed by atoms with E-state index in [1.165, 1.54) is 0 Å². The summed E-state index contributed by atoms with van der Waals surface area (Å²) >= 11 is 0. The van der Waals surface area contributed by atoms with E-state index in [0.29, 0.717) is 12.1 Å². The molecule has 1 aromatic rings. The van der Waals surface area contributed by atoms with Crippen molar-refractivity contribution in [3.8, 4) is 0 Å². The standard InChI is InChI=1S/C16H12N2O11S.Na/c19-11-1-2-12(20)17(11)28-15(23)8-5-9(7-10(6-8)30(25,26)27)16(24)29-18-13(21)3-4-14(18)22;/h5-7H,1-4H2,(H,25,26,27);. The van der Waals surface area contributed by atoms with Crippen molar-refractivity contribution in [1.29, 1.82) is 0 Å². The summed E-state index contributed by atoms with van der Waals surface area (Å²) in [5, 5.41) is 0.393. The van der Waals surface area contributed by atoms with Crippen LogP contribution in [0.4, 0.5) is 0 Å². The van der Waals surface area contributed by atoms with E-state index in [4.69, 9.17) is 0 Å². The summed E-state index contributed by atoms with van der Waals surface area (Å²) < 4.78 is 32.3. The van der Waals surface area contributed by atoms with Crippen molar-refractivity contribution >= 4 is 75.2 Å². The van der Waals surface area contributed by atoms with Gasteiger partial charge in [0.2, 0.25) is 0 Å². The fourth-order valence-corrected chi connectivity index (χ4v) is 3.12. The van der Waals surface area contributed by atoms with Crippen molar-refractivity contribution in [1.82, 2.24) is 10.1 Å². The van der Waals surface area contributed by atoms with E-state index in [1.807, 2.05) is 0 Å². The van der Waals surface area contributed by atoms with Crippen LogP contribution < -0.4 is 0 Å². The van der Waals surface area contributed by atoms with E-state index in [-0.39, 0.29) is 65.4 Å². The Morgan fingerprint density at radius 2 is 1.06 bits per heavy atom. The third-order valence-electron chi connectivity index (χ3n) is 4.04. The maximum atomic E-state index is 12.3. The SMILES string of the molecule is O=C(ON1C(=O)CCC1=O)c1cc(C(=O)ON2C(=O)CCC2=O)cc(S(=O)(=O)O)c1.[Na]. The van der Waals surface area contributed by atoms with Crippen molar-refractivity contribution in [3.63, 3.8) is 0 Å². The van der Waals surface area contributed by atoms with Crippen LogP contribution in [-0.4, -0.2) is 88.2 Å². The third-order valence-corrected chi connectivity index (χ3v) is 4.87. The van der Waals surface area contributed by atoms with E-state index < -0.39 is 61.7 Å². The molecule has 2 saturated heterocycles. The summed E-state index contributed by atoms with van der Waals surface area (Å²) in [7, 11) is -4.92. The van der Waals surface area contributed by atoms with Gasteiger partial charge in [0.1, 0.15) is 0 Å². The van der Waals surface area contributed by atoms with Crippen LogP contribution in [0.15, 0.2) is 23.1 Å². The molecule has 1 aromatic carbocycles. The molecule has 2 heterocycles. The first-order chi connectivity index (χ1) is 14.0. The first-order valence-electron chi connectivity index (χ1n) is 8.26. The summed E-state index contributed by atoms with van der Waals surface area (Å²) in [5.74, 6) is -5.97. The topological polar surface area (TPSA) is 182 Å². The number of carbonyl (C=O) groups is 6. The summed E-state index contributed by atoms with van der Waals surface area (Å²) in [6.07, 6.45) is -0.751. The summed E-state index contributed by atoms with van der Waals surface area (Å²) in [6, 6.07) is 2.03. The number of amides is 4. The molecule has 1 radical (unpaired) electrons. The van der Waals surface area contributed by atoms with Crippen LogP contribution in [0, 0.1) is 0 Å². The molecular weight excluding hydrogens is 451 g/mol. The van der Waals surface area contributed by atoms with E-state index >= 15 is 0 Å². The average molecular weight is 463 g/mol. The maximum absolute atomic E-state index is 12.3. The molecular formula is C16H12N2NaO11S. The molecule has 3 rings (SSSR count). The van der Waals surface area contributed by atoms with Gasteiger partial charge in [-0.15, -0.1) is 10.1 Å². The van der Waals surface area contributed by atoms with Gasteiger partial charge in [-0.05, 0) is 18.2 Å². The fraction of sp³-hybridized carbons (Fsp3) is 0.250. The number of nitrogens with zero attached hydrogens (tertiary/aromatic N) is 2. The zero-order valence-corrected chi connectivity index (χ0v) is 18.7. The van der Waals surface area contributed by atoms with Crippen molar-refractivity contribution in [3.05, 3.63) is 29.3 Å². The van der Waals surface area contributed by atoms with Crippen LogP contribution in [0.2, 0.25) is 0 Å². The molecule has 4 amide bonds. The number of rotatable bonds is 5. The van der Waals surface area contributed by atoms with Gasteiger partial charge in [-0.25, -0.2) is 9.59 Å². The van der Waals surface area contributed by atoms with Gasteiger partial charge in [0.15, 0.2) is 0 Å². The van der Waals surface area contributed by atoms with Crippen LogP contribution in [-0.2, 0) is 39.0 Å². The van der Waals surface area contributed by atoms with E-state index in [0.717, 1.165) is 6.07 Å². The molecule has 2 aliphatic heterocycles. The van der Waals surface area contributed by atoms with Crippen LogP contribution in [0.1, 0.15) is 46.4 Å². The number of imide groups is 2. The van der Waals surface area contributed by atoms with Crippen molar-refractivity contribution in [2.75, 3.05) is 0 Å². The molecule has 0 aliphatic carbocycles. The van der Waals surface area contributed by atoms with E-state index in [1.54, 1.807) is 0 Å². The van der Waals surface area contributed by atoms with Crippen molar-refractivity contribution in [2.45, 2.75) is 30.6 Å². The summed E-state index contributed by atoms with van der Waals surface area (Å²) in [5.41, 5.74) is -1.27. The zero-order chi connectivity index (χ0) is 22.2. The third kappa shape index (κ3) is 5.34. The first kappa shape index (κ1) is 24.6. The van der Waals surface area contributed by atoms with Gasteiger partial charge in [0, 0.05) is 55.2 Å². The molecule has 1 N–H and O–H groups in total. The van der Waals surface area contributed by atoms with Crippen LogP contribution >= 0.6 is 0 Å². The quantitative estimate of drug-likeness (QED) is 0.321. The molecule has 0 spiro atoms. The van der Waals surface area contributed by atoms with E-state index in [2.05, 4.69) is 9.68 Å². The smallest absolute Gasteiger partial charge is 0.325 e. The van der Waals surface area contributed by atoms with Gasteiger partial charge in [-0.2, -0.15) is 8.42 Å². The molecule has 0 saturated carbocycles. The summed E-state index contributed by atoms with van der Waals surface area (Å²) in [4.78, 5) is 79.1. The second-order valence-corrected chi connectivity index (χ2v) is 7.56. The predicted octanol–water partition coefficient (Wildman–Crippen LogP) is -1.01. The Morgan fingerprint density at radius 1 is 0.742 bits per heavy atom. The van der Waals surface area contributed by atoms with Crippen molar-refractivity contribution < 1.29 is 51.4 Å². The maximum Gasteiger partial charge on any atom is 0.363 e.